The molecule has 0 saturated carbocycles. The summed E-state index contributed by atoms with van der Waals surface area (Å²) in [5.74, 6) is -4.37. The highest BCUT2D eigenvalue weighted by Gasteiger charge is 2.25. The average Bonchev–Trinajstić information content (AvgIpc) is 3.40. The topological polar surface area (TPSA) is 40.8 Å². The van der Waals surface area contributed by atoms with Crippen LogP contribution in [0, 0.1) is 24.1 Å². The van der Waals surface area contributed by atoms with Crippen LogP contribution in [0.3, 0.4) is 0 Å². The summed E-state index contributed by atoms with van der Waals surface area (Å²) in [7, 11) is 1.54. The Hall–Kier alpha value is -4.75. The monoisotopic (exact) mass is 518 g/mol. The Morgan fingerprint density at radius 2 is 1.69 bits per heavy atom. The number of halogens is 1. The van der Waals surface area contributed by atoms with Gasteiger partial charge in [-0.1, -0.05) is 74.4 Å². The van der Waals surface area contributed by atoms with Crippen molar-refractivity contribution in [3.8, 4) is 39.6 Å². The van der Waals surface area contributed by atoms with Gasteiger partial charge in [-0.2, -0.15) is 9.83 Å². The van der Waals surface area contributed by atoms with Crippen LogP contribution in [0.5, 0.6) is 0 Å². The number of pyridine rings is 1. The summed E-state index contributed by atoms with van der Waals surface area (Å²) in [6.45, 7) is -4.95. The van der Waals surface area contributed by atoms with E-state index in [1.807, 2.05) is 66.7 Å². The summed E-state index contributed by atoms with van der Waals surface area (Å²) in [4.78, 5) is 0. The molecule has 0 unspecified atom stereocenters. The van der Waals surface area contributed by atoms with E-state index in [0.717, 1.165) is 34.5 Å². The van der Waals surface area contributed by atoms with Gasteiger partial charge in [0, 0.05) is 37.6 Å². The van der Waals surface area contributed by atoms with E-state index in [9.17, 15) is 5.26 Å². The van der Waals surface area contributed by atoms with Gasteiger partial charge in [0.2, 0.25) is 11.9 Å². The molecule has 0 radical (unpaired) electrons. The molecule has 0 atom stereocenters. The lowest BCUT2D eigenvalue weighted by Gasteiger charge is -2.10. The van der Waals surface area contributed by atoms with E-state index in [2.05, 4.69) is 6.07 Å². The van der Waals surface area contributed by atoms with Crippen molar-refractivity contribution in [1.82, 2.24) is 0 Å². The van der Waals surface area contributed by atoms with Crippen molar-refractivity contribution in [2.75, 3.05) is 0 Å². The second-order valence-corrected chi connectivity index (χ2v) is 9.57. The maximum atomic E-state index is 15.5. The molecule has 3 nitrogen and oxygen atoms in total. The van der Waals surface area contributed by atoms with Crippen molar-refractivity contribution in [1.29, 1.82) is 5.26 Å². The maximum Gasteiger partial charge on any atom is 0.216 e. The van der Waals surface area contributed by atoms with Crippen LogP contribution in [0.2, 0.25) is 0 Å². The fraction of sp³-hybridized carbons (Fsp3) is 0.143. The van der Waals surface area contributed by atoms with Gasteiger partial charge in [-0.05, 0) is 53.3 Å². The number of aromatic nitrogens is 1. The molecular formula is C35H28FN2O+. The molecule has 0 saturated heterocycles. The Morgan fingerprint density at radius 1 is 0.923 bits per heavy atom. The summed E-state index contributed by atoms with van der Waals surface area (Å²) >= 11 is 0. The highest BCUT2D eigenvalue weighted by Crippen LogP contribution is 2.42. The van der Waals surface area contributed by atoms with Gasteiger partial charge in [0.15, 0.2) is 5.82 Å². The van der Waals surface area contributed by atoms with Crippen LogP contribution in [0.4, 0.5) is 4.39 Å². The van der Waals surface area contributed by atoms with E-state index in [0.29, 0.717) is 38.6 Å². The molecule has 4 heteroatoms. The number of rotatable bonds is 4. The summed E-state index contributed by atoms with van der Waals surface area (Å²) in [5, 5.41) is 11.3. The molecule has 0 aliphatic rings. The molecule has 2 aromatic heterocycles. The van der Waals surface area contributed by atoms with E-state index in [-0.39, 0.29) is 5.69 Å². The van der Waals surface area contributed by atoms with Gasteiger partial charge in [-0.3, -0.25) is 0 Å². The van der Waals surface area contributed by atoms with Crippen LogP contribution in [-0.4, -0.2) is 0 Å². The number of nitrogens with zero attached hydrogens (tertiary/aromatic N) is 2. The smallest absolute Gasteiger partial charge is 0.216 e. The van der Waals surface area contributed by atoms with Gasteiger partial charge in [0.05, 0.1) is 17.2 Å². The van der Waals surface area contributed by atoms with Crippen LogP contribution in [0.25, 0.3) is 55.4 Å². The van der Waals surface area contributed by atoms with Gasteiger partial charge < -0.3 is 4.42 Å². The summed E-state index contributed by atoms with van der Waals surface area (Å²) in [6.07, 6.45) is 0.980. The second kappa shape index (κ2) is 9.53. The third kappa shape index (κ3) is 4.08. The molecule has 0 N–H and O–H groups in total. The summed E-state index contributed by atoms with van der Waals surface area (Å²) in [6, 6.07) is 28.4. The first-order valence-electron chi connectivity index (χ1n) is 15.9. The maximum absolute atomic E-state index is 15.5. The highest BCUT2D eigenvalue weighted by molar-refractivity contribution is 6.15. The first-order chi connectivity index (χ1) is 21.7. The predicted molar refractivity (Wildman–Crippen MR) is 155 cm³/mol. The fourth-order valence-corrected chi connectivity index (χ4v) is 5.23. The average molecular weight is 519 g/mol. The minimum atomic E-state index is -3.37. The van der Waals surface area contributed by atoms with Gasteiger partial charge in [0.1, 0.15) is 18.2 Å². The Labute approximate surface area is 237 Å². The molecule has 39 heavy (non-hydrogen) atoms. The quantitative estimate of drug-likeness (QED) is 0.219. The van der Waals surface area contributed by atoms with E-state index >= 15 is 4.39 Å². The second-order valence-electron chi connectivity index (χ2n) is 9.57. The number of hydrogen-bond acceptors (Lipinski definition) is 2. The number of fused-ring (bicyclic) bond motifs is 3. The lowest BCUT2D eigenvalue weighted by Crippen LogP contribution is -2.32. The first kappa shape index (κ1) is 17.7. The fourth-order valence-electron chi connectivity index (χ4n) is 5.23. The molecule has 190 valence electrons. The molecule has 6 rings (SSSR count). The van der Waals surface area contributed by atoms with E-state index in [4.69, 9.17) is 14.0 Å². The van der Waals surface area contributed by atoms with E-state index in [1.165, 1.54) is 4.57 Å². The zero-order chi connectivity index (χ0) is 33.2. The van der Waals surface area contributed by atoms with Crippen molar-refractivity contribution in [2.24, 2.45) is 7.05 Å². The standard InChI is InChI=1S/C35H28FN2O/c1-21(2)29-18-31(38(4)20-30(29)36)32-22(3)13-15-28-33-26(19-37)14-16-27(34(33)39-35(28)32)25-12-8-11-24(17-25)23-9-6-5-7-10-23/h5-18,20-21H,1-4H3/q+1/i1D3,2D3,21D. The molecule has 0 aliphatic heterocycles. The number of furan rings is 1. The molecule has 4 aromatic carbocycles. The van der Waals surface area contributed by atoms with Gasteiger partial charge in [-0.15, -0.1) is 0 Å². The largest absolute Gasteiger partial charge is 0.454 e. The summed E-state index contributed by atoms with van der Waals surface area (Å²) < 4.78 is 79.8. The van der Waals surface area contributed by atoms with E-state index in [1.54, 1.807) is 26.1 Å². The van der Waals surface area contributed by atoms with Crippen LogP contribution in [0.1, 0.15) is 45.9 Å². The Bertz CT molecular complexity index is 2180. The first-order valence-corrected chi connectivity index (χ1v) is 12.4. The number of benzene rings is 4. The molecule has 2 heterocycles. The van der Waals surface area contributed by atoms with Crippen molar-refractivity contribution >= 4 is 21.9 Å². The predicted octanol–water partition coefficient (Wildman–Crippen LogP) is 8.85. The number of aryl methyl sites for hydroxylation is 2. The van der Waals surface area contributed by atoms with Crippen molar-refractivity contribution < 1.29 is 23.0 Å². The minimum absolute atomic E-state index is 0.245. The third-order valence-electron chi connectivity index (χ3n) is 7.15. The van der Waals surface area contributed by atoms with Crippen molar-refractivity contribution in [3.05, 3.63) is 114 Å². The Balaban J connectivity index is 1.65. The minimum Gasteiger partial charge on any atom is -0.454 e. The lowest BCUT2D eigenvalue weighted by molar-refractivity contribution is -0.662. The zero-order valence-corrected chi connectivity index (χ0v) is 21.3. The van der Waals surface area contributed by atoms with Crippen molar-refractivity contribution in [2.45, 2.75) is 26.5 Å². The van der Waals surface area contributed by atoms with Crippen LogP contribution < -0.4 is 4.57 Å². The molecule has 6 aromatic rings. The lowest BCUT2D eigenvalue weighted by atomic mass is 9.94. The van der Waals surface area contributed by atoms with Crippen LogP contribution in [-0.2, 0) is 7.05 Å². The molecule has 0 bridgehead atoms. The third-order valence-corrected chi connectivity index (χ3v) is 7.15. The summed E-state index contributed by atoms with van der Waals surface area (Å²) in [5.41, 5.74) is 5.41. The van der Waals surface area contributed by atoms with Gasteiger partial charge >= 0.3 is 0 Å². The van der Waals surface area contributed by atoms with Crippen LogP contribution in [0.15, 0.2) is 95.5 Å². The van der Waals surface area contributed by atoms with Gasteiger partial charge in [0.25, 0.3) is 0 Å². The van der Waals surface area contributed by atoms with E-state index < -0.39 is 31.0 Å². The Morgan fingerprint density at radius 3 is 2.46 bits per heavy atom. The van der Waals surface area contributed by atoms with Crippen LogP contribution >= 0.6 is 0 Å². The zero-order valence-electron chi connectivity index (χ0n) is 28.3. The normalized spacial score (nSPS) is 15.0. The molecule has 0 spiro atoms. The van der Waals surface area contributed by atoms with Crippen molar-refractivity contribution in [3.63, 3.8) is 0 Å². The molecular weight excluding hydrogens is 483 g/mol. The number of hydrogen-bond donors (Lipinski definition) is 0. The Kier molecular flexibility index (Phi) is 4.32. The molecule has 0 aliphatic carbocycles. The SMILES string of the molecule is [2H]C([2H])([2H])C([2H])(c1cc(-c2c(C)ccc3c2oc2c(-c4cccc(-c5ccccc5)c4)ccc(C#N)c23)[n+](C)cc1F)C([2H])([2H])[2H]. The van der Waals surface area contributed by atoms with Gasteiger partial charge in [-0.25, -0.2) is 4.39 Å². The number of nitriles is 1. The molecule has 0 amide bonds. The highest BCUT2D eigenvalue weighted by atomic mass is 19.1. The molecule has 0 fully saturated rings.